The predicted molar refractivity (Wildman–Crippen MR) is 171 cm³/mol. The average Bonchev–Trinajstić information content (AvgIpc) is 3.26. The fraction of sp³-hybridized carbons (Fsp3) is 0.0526. The van der Waals surface area contributed by atoms with E-state index in [-0.39, 0.29) is 12.3 Å². The molecule has 62 heavy (non-hydrogen) atoms. The largest absolute Gasteiger partial charge is 0.287 e. The predicted octanol–water partition coefficient (Wildman–Crippen LogP) is 8.17. The third-order valence-electron chi connectivity index (χ3n) is 9.29. The minimum absolute atomic E-state index is 0.0171. The number of benzene rings is 5. The maximum absolute atomic E-state index is 15.4. The Morgan fingerprint density at radius 3 is 0.903 bits per heavy atom. The second-order valence-electron chi connectivity index (χ2n) is 12.5. The van der Waals surface area contributed by atoms with E-state index in [0.717, 1.165) is 0 Å². The molecule has 24 heteroatoms. The molecule has 5 aromatic carbocycles. The molecule has 1 aromatic heterocycles. The summed E-state index contributed by atoms with van der Waals surface area (Å²) in [6, 6.07) is 14.3. The highest BCUT2D eigenvalue weighted by Gasteiger charge is 2.52. The van der Waals surface area contributed by atoms with Crippen LogP contribution in [0.15, 0.2) is 54.7 Å². The fourth-order valence-electron chi connectivity index (χ4n) is 6.53. The highest BCUT2D eigenvalue weighted by molar-refractivity contribution is 7.20. The number of rotatable bonds is 8. The van der Waals surface area contributed by atoms with Crippen LogP contribution in [0, 0.1) is 116 Å². The molecule has 0 unspecified atom stereocenters. The van der Waals surface area contributed by atoms with Crippen LogP contribution in [-0.2, 0) is 13.2 Å². The number of halogens is 21. The Kier molecular flexibility index (Phi) is 13.1. The smallest absolute Gasteiger partial charge is 0.227 e. The van der Waals surface area contributed by atoms with Gasteiger partial charge < -0.3 is 0 Å². The molecular weight excluding hydrogens is 896 g/mol. The number of carbonyl (C=O) groups is 1. The summed E-state index contributed by atoms with van der Waals surface area (Å²) >= 11 is 0. The van der Waals surface area contributed by atoms with Crippen LogP contribution in [0.4, 0.5) is 92.2 Å². The van der Waals surface area contributed by atoms with Crippen molar-refractivity contribution in [2.75, 3.05) is 0 Å². The Hall–Kier alpha value is -6.49. The van der Waals surface area contributed by atoms with Crippen LogP contribution in [0.25, 0.3) is 0 Å². The van der Waals surface area contributed by atoms with Crippen molar-refractivity contribution < 1.29 is 102 Å². The molecule has 2 nitrogen and oxygen atoms in total. The first-order valence-corrected chi connectivity index (χ1v) is 16.4. The Morgan fingerprint density at radius 2 is 0.629 bits per heavy atom. The van der Waals surface area contributed by atoms with Crippen LogP contribution in [0.3, 0.4) is 0 Å². The van der Waals surface area contributed by atoms with E-state index in [9.17, 15) is 61.9 Å². The molecule has 0 atom stereocenters. The van der Waals surface area contributed by atoms with Gasteiger partial charge in [-0.3, -0.25) is 4.79 Å². The summed E-state index contributed by atoms with van der Waals surface area (Å²) in [7, 11) is 0. The Balaban J connectivity index is 0.000000355. The molecule has 0 N–H and O–H groups in total. The molecule has 0 spiro atoms. The monoisotopic (exact) mass is 909 g/mol. The minimum Gasteiger partial charge on any atom is -0.287 e. The highest BCUT2D eigenvalue weighted by atomic mass is 19.2. The normalized spacial score (nSPS) is 11.5. The summed E-state index contributed by atoms with van der Waals surface area (Å²) in [6.45, 7) is -0.396. The topological polar surface area (TPSA) is 20.9 Å². The molecule has 1 heterocycles. The molecule has 0 amide bonds. The van der Waals surface area contributed by atoms with Gasteiger partial charge in [-0.05, 0) is 0 Å². The van der Waals surface area contributed by atoms with Crippen LogP contribution >= 0.6 is 0 Å². The van der Waals surface area contributed by atoms with E-state index in [4.69, 9.17) is 0 Å². The molecule has 326 valence electrons. The van der Waals surface area contributed by atoms with Gasteiger partial charge in [-0.25, -0.2) is 92.2 Å². The molecule has 0 radical (unpaired) electrons. The summed E-state index contributed by atoms with van der Waals surface area (Å²) < 4.78 is 308. The number of alkyl halides is 1. The number of hydrogen-bond acceptors (Lipinski definition) is 1. The van der Waals surface area contributed by atoms with E-state index < -0.39 is 151 Å². The number of nitrogens with zero attached hydrogens (tertiary/aromatic N) is 1. The number of ketones is 1. The summed E-state index contributed by atoms with van der Waals surface area (Å²) in [5.74, 6) is -71.4. The van der Waals surface area contributed by atoms with Gasteiger partial charge in [0.1, 0.15) is 52.7 Å². The number of pyridine rings is 1. The van der Waals surface area contributed by atoms with Crippen molar-refractivity contribution in [1.29, 1.82) is 0 Å². The van der Waals surface area contributed by atoms with Crippen LogP contribution in [-0.4, -0.2) is 11.9 Å². The van der Waals surface area contributed by atoms with Gasteiger partial charge in [0, 0.05) is 17.7 Å². The fourth-order valence-corrected chi connectivity index (χ4v) is 6.53. The second kappa shape index (κ2) is 17.5. The zero-order valence-electron chi connectivity index (χ0n) is 29.5. The number of carbonyl (C=O) groups excluding carboxylic acids is 1. The molecule has 0 aliphatic carbocycles. The van der Waals surface area contributed by atoms with E-state index in [1.54, 1.807) is 41.1 Å². The van der Waals surface area contributed by atoms with Gasteiger partial charge in [0.05, 0.1) is 0 Å². The van der Waals surface area contributed by atoms with E-state index in [0.29, 0.717) is 11.3 Å². The first-order valence-electron chi connectivity index (χ1n) is 16.4. The summed E-state index contributed by atoms with van der Waals surface area (Å²) in [5.41, 5.74) is -13.2. The first kappa shape index (κ1) is 46.6. The second-order valence-corrected chi connectivity index (χ2v) is 12.5. The lowest BCUT2D eigenvalue weighted by molar-refractivity contribution is -0.691. The van der Waals surface area contributed by atoms with Crippen LogP contribution in [0.1, 0.15) is 16.1 Å². The number of hydrogen-bond donors (Lipinski definition) is 0. The molecule has 0 bridgehead atoms. The van der Waals surface area contributed by atoms with Gasteiger partial charge in [0.2, 0.25) is 18.0 Å². The number of aromatic nitrogens is 1. The van der Waals surface area contributed by atoms with Gasteiger partial charge in [0.25, 0.3) is 0 Å². The van der Waals surface area contributed by atoms with Crippen molar-refractivity contribution in [3.05, 3.63) is 182 Å². The van der Waals surface area contributed by atoms with Crippen molar-refractivity contribution in [3.8, 4) is 0 Å². The zero-order chi connectivity index (χ0) is 46.4. The molecule has 0 saturated carbocycles. The molecule has 0 fully saturated rings. The van der Waals surface area contributed by atoms with Crippen molar-refractivity contribution in [2.24, 2.45) is 0 Å². The lowest BCUT2D eigenvalue weighted by Crippen LogP contribution is -2.81. The molecule has 6 aromatic rings. The van der Waals surface area contributed by atoms with E-state index in [1.165, 1.54) is 0 Å². The third kappa shape index (κ3) is 7.27. The standard InChI is InChI=1S/C24BF20.C14H13FNO/c26-5-1(6(27)14(35)21(42)13(5)34)25(2-7(28)15(36)22(43)16(37)8(2)29,3-9(30)17(38)23(44)18(39)10(3)31)4-11(32)19(40)24(45)20(41)12(4)33;15-10-13-8-4-5-9-16(13)11-14(17)12-6-2-1-3-7-12/h;1-9H,10-11H2/q-1;+1. The Morgan fingerprint density at radius 1 is 0.371 bits per heavy atom. The van der Waals surface area contributed by atoms with E-state index in [2.05, 4.69) is 0 Å². The third-order valence-corrected chi connectivity index (χ3v) is 9.29. The van der Waals surface area contributed by atoms with Crippen molar-refractivity contribution in [2.45, 2.75) is 13.2 Å². The molecular formula is C38H13BF21NO. The summed E-state index contributed by atoms with van der Waals surface area (Å²) in [5, 5.41) is 0. The molecule has 6 rings (SSSR count). The molecule has 0 saturated heterocycles. The SMILES string of the molecule is Fc1c(F)c(F)c([B-](c2c(F)c(F)c(F)c(F)c2F)(c2c(F)c(F)c(F)c(F)c2F)c2c(F)c(F)c(F)c(F)c2F)c(F)c1F.O=C(C[n+]1ccccc1CF)c1ccccc1. The number of Topliss-reactive ketones (excluding diaryl/α,β-unsaturated/α-hetero) is 1. The minimum atomic E-state index is -7.22. The van der Waals surface area contributed by atoms with Crippen molar-refractivity contribution >= 4 is 33.8 Å². The molecule has 0 aliphatic heterocycles. The Bertz CT molecular complexity index is 2400. The Labute approximate surface area is 331 Å². The average molecular weight is 909 g/mol. The summed E-state index contributed by atoms with van der Waals surface area (Å²) in [6.07, 6.45) is -5.50. The maximum atomic E-state index is 15.4. The van der Waals surface area contributed by atoms with Crippen LogP contribution in [0.5, 0.6) is 0 Å². The van der Waals surface area contributed by atoms with Crippen molar-refractivity contribution in [1.82, 2.24) is 0 Å². The maximum Gasteiger partial charge on any atom is 0.227 e. The van der Waals surface area contributed by atoms with Gasteiger partial charge >= 0.3 is 0 Å². The van der Waals surface area contributed by atoms with Crippen LogP contribution in [0.2, 0.25) is 0 Å². The van der Waals surface area contributed by atoms with Gasteiger partial charge in [0.15, 0.2) is 82.7 Å². The first-order chi connectivity index (χ1) is 29.0. The summed E-state index contributed by atoms with van der Waals surface area (Å²) in [4.78, 5) is 11.9. The van der Waals surface area contributed by atoms with Gasteiger partial charge in [-0.2, -0.15) is 4.57 Å². The van der Waals surface area contributed by atoms with Crippen molar-refractivity contribution in [3.63, 3.8) is 0 Å². The van der Waals surface area contributed by atoms with E-state index >= 15 is 35.1 Å². The van der Waals surface area contributed by atoms with Gasteiger partial charge in [-0.1, -0.05) is 36.4 Å². The van der Waals surface area contributed by atoms with Gasteiger partial charge in [-0.15, -0.1) is 21.9 Å². The van der Waals surface area contributed by atoms with E-state index in [1.807, 2.05) is 18.2 Å². The van der Waals surface area contributed by atoms with Crippen LogP contribution < -0.4 is 26.4 Å². The quantitative estimate of drug-likeness (QED) is 0.0378. The lowest BCUT2D eigenvalue weighted by Gasteiger charge is -2.44. The highest BCUT2D eigenvalue weighted by Crippen LogP contribution is 2.30. The zero-order valence-corrected chi connectivity index (χ0v) is 29.5. The molecule has 0 aliphatic rings. The lowest BCUT2D eigenvalue weighted by atomic mass is 9.12.